The largest absolute Gasteiger partial charge is 0.450 e. The number of nitriles is 2. The average Bonchev–Trinajstić information content (AvgIpc) is 3.69. The molecular formula is C55H94N12O8. The molecule has 4 aliphatic heterocycles. The van der Waals surface area contributed by atoms with Crippen LogP contribution in [0, 0.1) is 34.5 Å². The molecule has 0 aromatic carbocycles. The lowest BCUT2D eigenvalue weighted by Crippen LogP contribution is -2.57. The van der Waals surface area contributed by atoms with Crippen LogP contribution in [0.2, 0.25) is 0 Å². The first-order chi connectivity index (χ1) is 36.5. The van der Waals surface area contributed by atoms with Crippen LogP contribution in [-0.4, -0.2) is 184 Å². The Morgan fingerprint density at radius 3 is 1.19 bits per heavy atom. The Hall–Kier alpha value is -4.76. The number of ether oxygens (including phenoxy) is 4. The Bertz CT molecular complexity index is 1860. The van der Waals surface area contributed by atoms with Crippen molar-refractivity contribution in [3.63, 3.8) is 0 Å². The smallest absolute Gasteiger partial charge is 0.413 e. The van der Waals surface area contributed by atoms with Crippen LogP contribution in [0.15, 0.2) is 9.98 Å². The van der Waals surface area contributed by atoms with Gasteiger partial charge in [0, 0.05) is 52.4 Å². The van der Waals surface area contributed by atoms with Gasteiger partial charge in [-0.1, -0.05) is 97.3 Å². The van der Waals surface area contributed by atoms with Crippen LogP contribution in [0.1, 0.15) is 163 Å². The highest BCUT2D eigenvalue weighted by Crippen LogP contribution is 2.31. The topological polar surface area (TPSA) is 239 Å². The average molecular weight is 1050 g/mol. The third kappa shape index (κ3) is 21.0. The van der Waals surface area contributed by atoms with Gasteiger partial charge < -0.3 is 49.2 Å². The van der Waals surface area contributed by atoms with E-state index in [1.807, 2.05) is 9.80 Å². The van der Waals surface area contributed by atoms with Crippen molar-refractivity contribution >= 4 is 35.9 Å². The summed E-state index contributed by atoms with van der Waals surface area (Å²) in [7, 11) is 0. The molecule has 6 aliphatic rings. The summed E-state index contributed by atoms with van der Waals surface area (Å²) in [6.07, 6.45) is 19.7. The summed E-state index contributed by atoms with van der Waals surface area (Å²) >= 11 is 0. The number of likely N-dealkylation sites (tertiary alicyclic amines) is 2. The van der Waals surface area contributed by atoms with E-state index in [0.29, 0.717) is 115 Å². The molecule has 20 nitrogen and oxygen atoms in total. The van der Waals surface area contributed by atoms with Gasteiger partial charge in [0.25, 0.3) is 0 Å². The van der Waals surface area contributed by atoms with E-state index in [1.54, 1.807) is 13.8 Å². The van der Waals surface area contributed by atoms with Crippen LogP contribution in [0.4, 0.5) is 9.59 Å². The van der Waals surface area contributed by atoms with E-state index in [9.17, 15) is 29.7 Å². The first kappa shape index (κ1) is 61.1. The van der Waals surface area contributed by atoms with Gasteiger partial charge in [0.05, 0.1) is 51.8 Å². The maximum absolute atomic E-state index is 13.9. The minimum Gasteiger partial charge on any atom is -0.450 e. The van der Waals surface area contributed by atoms with Gasteiger partial charge in [-0.15, -0.1) is 0 Å². The molecule has 0 bridgehead atoms. The van der Waals surface area contributed by atoms with Crippen LogP contribution in [0.5, 0.6) is 0 Å². The van der Waals surface area contributed by atoms with Crippen LogP contribution >= 0.6 is 0 Å². The number of rotatable bonds is 16. The second kappa shape index (κ2) is 33.4. The molecule has 2 saturated carbocycles. The number of hydrogen-bond acceptors (Lipinski definition) is 14. The maximum Gasteiger partial charge on any atom is 0.413 e. The molecule has 4 heterocycles. The predicted octanol–water partition coefficient (Wildman–Crippen LogP) is 6.46. The van der Waals surface area contributed by atoms with Gasteiger partial charge in [0.15, 0.2) is 0 Å². The molecule has 4 amide bonds. The fourth-order valence-electron chi connectivity index (χ4n) is 11.3. The fraction of sp³-hybridized carbons (Fsp3) is 0.855. The van der Waals surface area contributed by atoms with Gasteiger partial charge in [0.2, 0.25) is 23.7 Å². The third-order valence-corrected chi connectivity index (χ3v) is 15.7. The van der Waals surface area contributed by atoms with Gasteiger partial charge in [-0.25, -0.2) is 19.6 Å². The summed E-state index contributed by atoms with van der Waals surface area (Å²) in [6.45, 7) is 17.8. The van der Waals surface area contributed by atoms with E-state index in [0.717, 1.165) is 103 Å². The van der Waals surface area contributed by atoms with Gasteiger partial charge in [-0.05, 0) is 90.1 Å². The lowest BCUT2D eigenvalue weighted by Gasteiger charge is -2.38. The van der Waals surface area contributed by atoms with Crippen molar-refractivity contribution in [2.24, 2.45) is 21.8 Å². The van der Waals surface area contributed by atoms with Crippen molar-refractivity contribution in [1.82, 2.24) is 40.9 Å². The zero-order valence-electron chi connectivity index (χ0n) is 46.3. The summed E-state index contributed by atoms with van der Waals surface area (Å²) in [6, 6.07) is 3.46. The van der Waals surface area contributed by atoms with Crippen LogP contribution in [0.25, 0.3) is 0 Å². The first-order valence-corrected chi connectivity index (χ1v) is 29.1. The molecule has 4 N–H and O–H groups in total. The highest BCUT2D eigenvalue weighted by atomic mass is 16.6. The van der Waals surface area contributed by atoms with Crippen molar-refractivity contribution in [2.45, 2.75) is 186 Å². The molecule has 2 aliphatic carbocycles. The number of alkyl carbamates (subject to hydrolysis) is 2. The summed E-state index contributed by atoms with van der Waals surface area (Å²) < 4.78 is 21.2. The maximum atomic E-state index is 13.9. The van der Waals surface area contributed by atoms with Crippen molar-refractivity contribution in [3.8, 4) is 12.1 Å². The van der Waals surface area contributed by atoms with Crippen molar-refractivity contribution < 1.29 is 38.1 Å². The zero-order valence-corrected chi connectivity index (χ0v) is 46.3. The van der Waals surface area contributed by atoms with E-state index >= 15 is 0 Å². The second-order valence-electron chi connectivity index (χ2n) is 21.4. The lowest BCUT2D eigenvalue weighted by molar-refractivity contribution is -0.125. The zero-order chi connectivity index (χ0) is 53.7. The third-order valence-electron chi connectivity index (χ3n) is 15.7. The number of morpholine rings is 2. The van der Waals surface area contributed by atoms with Crippen LogP contribution in [-0.2, 0) is 28.5 Å². The molecule has 6 rings (SSSR count). The number of piperidine rings is 2. The number of hydrogen-bond donors (Lipinski definition) is 4. The molecule has 20 heteroatoms. The van der Waals surface area contributed by atoms with E-state index in [2.05, 4.69) is 57.1 Å². The molecular weight excluding hydrogens is 957 g/mol. The highest BCUT2D eigenvalue weighted by Gasteiger charge is 2.40. The second-order valence-corrected chi connectivity index (χ2v) is 21.4. The number of aliphatic imine (C=N–C) groups is 2. The van der Waals surface area contributed by atoms with Crippen molar-refractivity contribution in [1.29, 1.82) is 10.5 Å². The molecule has 422 valence electrons. The molecule has 6 fully saturated rings. The van der Waals surface area contributed by atoms with Crippen molar-refractivity contribution in [2.75, 3.05) is 105 Å². The lowest BCUT2D eigenvalue weighted by atomic mass is 9.85. The summed E-state index contributed by atoms with van der Waals surface area (Å²) in [4.78, 5) is 70.8. The quantitative estimate of drug-likeness (QED) is 0.0738. The number of nitrogens with zero attached hydrogens (tertiary/aromatic N) is 8. The molecule has 0 radical (unpaired) electrons. The molecule has 0 spiro atoms. The number of guanidine groups is 2. The predicted molar refractivity (Wildman–Crippen MR) is 289 cm³/mol. The number of nitrogens with one attached hydrogen (secondary N) is 4. The Morgan fingerprint density at radius 2 is 0.880 bits per heavy atom. The number of carbonyl (C=O) groups excluding carboxylic acids is 4. The van der Waals surface area contributed by atoms with Crippen LogP contribution in [0.3, 0.4) is 0 Å². The van der Waals surface area contributed by atoms with Gasteiger partial charge in [0.1, 0.15) is 23.2 Å². The Morgan fingerprint density at radius 1 is 0.547 bits per heavy atom. The summed E-state index contributed by atoms with van der Waals surface area (Å²) in [5.74, 6) is 1.01. The number of carbonyl (C=O) groups is 4. The standard InChI is InChI=1S/C28H48N6O4.C27H46N6O4/c1-3-14-33-15-12-28(22-29,13-16-33)32-25(35)24(21-23-10-8-6-5-7-9-11-23)30-26(31-27(36)38-4-2)34-17-19-37-20-18-34;1-3-13-32-14-11-27(21-28,12-15-32)31-24(34)23(20-22-9-7-5-6-8-10-22)29-25(30-26(35)37-4-2)33-16-18-36-19-17-33/h23-24H,3-21H2,1-2H3,(H,32,35)(H,30,31,36);22-23H,3-20H2,1-2H3,(H,31,34)(H,29,30,35). The minimum atomic E-state index is -0.885. The van der Waals surface area contributed by atoms with Gasteiger partial charge in [-0.3, -0.25) is 20.2 Å². The van der Waals surface area contributed by atoms with E-state index in [1.165, 1.54) is 32.1 Å². The molecule has 2 atom stereocenters. The Kier molecular flexibility index (Phi) is 27.2. The molecule has 0 aromatic rings. The van der Waals surface area contributed by atoms with E-state index < -0.39 is 35.3 Å². The first-order valence-electron chi connectivity index (χ1n) is 29.1. The van der Waals surface area contributed by atoms with Gasteiger partial charge in [-0.2, -0.15) is 10.5 Å². The van der Waals surface area contributed by atoms with E-state index in [-0.39, 0.29) is 25.0 Å². The highest BCUT2D eigenvalue weighted by molar-refractivity contribution is 5.97. The number of amides is 4. The molecule has 75 heavy (non-hydrogen) atoms. The van der Waals surface area contributed by atoms with Crippen molar-refractivity contribution in [3.05, 3.63) is 0 Å². The molecule has 4 saturated heterocycles. The Labute approximate surface area is 448 Å². The van der Waals surface area contributed by atoms with Crippen LogP contribution < -0.4 is 21.3 Å². The normalized spacial score (nSPS) is 22.4. The van der Waals surface area contributed by atoms with Gasteiger partial charge >= 0.3 is 12.2 Å². The van der Waals surface area contributed by atoms with E-state index in [4.69, 9.17) is 28.9 Å². The minimum absolute atomic E-state index is 0.228. The summed E-state index contributed by atoms with van der Waals surface area (Å²) in [5, 5.41) is 32.0. The SMILES string of the molecule is CCCN1CCC(C#N)(NC(=O)C(CC2CCCCCC2)N=C(NC(=O)OCC)N2CCOCC2)CC1.CCCN1CCC(C#N)(NC(=O)C(CC2CCCCCCC2)N=C(NC(=O)OCC)N2CCOCC2)CC1. The monoisotopic (exact) mass is 1050 g/mol. The summed E-state index contributed by atoms with van der Waals surface area (Å²) in [5.41, 5.74) is -1.77. The molecule has 2 unspecified atom stereocenters. The fourth-order valence-corrected chi connectivity index (χ4v) is 11.3. The Balaban J connectivity index is 0.000000277. The molecule has 0 aromatic heterocycles.